The first-order valence-corrected chi connectivity index (χ1v) is 5.53. The quantitative estimate of drug-likeness (QED) is 0.786. The summed E-state index contributed by atoms with van der Waals surface area (Å²) in [6.45, 7) is 2.85. The molecular formula is C12H17FN2. The number of benzene rings is 1. The number of hydrogen-bond donors (Lipinski definition) is 2. The molecule has 0 bridgehead atoms. The van der Waals surface area contributed by atoms with Crippen molar-refractivity contribution < 1.29 is 4.39 Å². The van der Waals surface area contributed by atoms with E-state index >= 15 is 0 Å². The first kappa shape index (κ1) is 10.6. The molecule has 2 N–H and O–H groups in total. The maximum atomic E-state index is 12.9. The number of nitrogens with one attached hydrogen (secondary N) is 2. The van der Waals surface area contributed by atoms with Crippen molar-refractivity contribution in [2.45, 2.75) is 25.4 Å². The van der Waals surface area contributed by atoms with E-state index < -0.39 is 0 Å². The molecule has 1 aliphatic heterocycles. The second-order valence-corrected chi connectivity index (χ2v) is 4.05. The topological polar surface area (TPSA) is 24.1 Å². The fraction of sp³-hybridized carbons (Fsp3) is 0.500. The lowest BCUT2D eigenvalue weighted by atomic mass is 10.2. The highest BCUT2D eigenvalue weighted by Gasteiger charge is 2.12. The molecule has 1 aliphatic rings. The Kier molecular flexibility index (Phi) is 3.69. The van der Waals surface area contributed by atoms with Gasteiger partial charge in [-0.1, -0.05) is 12.1 Å². The molecular weight excluding hydrogens is 191 g/mol. The van der Waals surface area contributed by atoms with Crippen LogP contribution in [0.5, 0.6) is 0 Å². The standard InChI is InChI=1S/C12H17FN2/c13-11-4-1-3-10(7-11)8-14-9-12-5-2-6-15-12/h1,3-4,7,12,14-15H,2,5-6,8-9H2. The molecule has 1 heterocycles. The van der Waals surface area contributed by atoms with Gasteiger partial charge in [-0.05, 0) is 37.1 Å². The van der Waals surface area contributed by atoms with E-state index in [-0.39, 0.29) is 5.82 Å². The number of rotatable bonds is 4. The Morgan fingerprint density at radius 3 is 3.13 bits per heavy atom. The average Bonchev–Trinajstić information content (AvgIpc) is 2.71. The van der Waals surface area contributed by atoms with Gasteiger partial charge >= 0.3 is 0 Å². The van der Waals surface area contributed by atoms with Gasteiger partial charge in [-0.3, -0.25) is 0 Å². The molecule has 0 aliphatic carbocycles. The summed E-state index contributed by atoms with van der Waals surface area (Å²) in [6, 6.07) is 7.34. The van der Waals surface area contributed by atoms with Gasteiger partial charge in [0.2, 0.25) is 0 Å². The van der Waals surface area contributed by atoms with E-state index in [9.17, 15) is 4.39 Å². The molecule has 1 aromatic rings. The van der Waals surface area contributed by atoms with Crippen LogP contribution in [0, 0.1) is 5.82 Å². The van der Waals surface area contributed by atoms with Gasteiger partial charge in [0.1, 0.15) is 5.82 Å². The van der Waals surface area contributed by atoms with Crippen LogP contribution in [0.4, 0.5) is 4.39 Å². The smallest absolute Gasteiger partial charge is 0.123 e. The van der Waals surface area contributed by atoms with Crippen molar-refractivity contribution >= 4 is 0 Å². The van der Waals surface area contributed by atoms with Crippen molar-refractivity contribution in [2.24, 2.45) is 0 Å². The van der Waals surface area contributed by atoms with E-state index in [0.29, 0.717) is 6.04 Å². The molecule has 1 fully saturated rings. The summed E-state index contributed by atoms with van der Waals surface area (Å²) in [7, 11) is 0. The molecule has 0 amide bonds. The summed E-state index contributed by atoms with van der Waals surface area (Å²) < 4.78 is 12.9. The lowest BCUT2D eigenvalue weighted by molar-refractivity contribution is 0.534. The first-order valence-electron chi connectivity index (χ1n) is 5.53. The Morgan fingerprint density at radius 2 is 2.40 bits per heavy atom. The summed E-state index contributed by atoms with van der Waals surface area (Å²) >= 11 is 0. The average molecular weight is 208 g/mol. The lowest BCUT2D eigenvalue weighted by Gasteiger charge is -2.11. The predicted molar refractivity (Wildman–Crippen MR) is 59.1 cm³/mol. The zero-order valence-corrected chi connectivity index (χ0v) is 8.80. The van der Waals surface area contributed by atoms with E-state index in [4.69, 9.17) is 0 Å². The second-order valence-electron chi connectivity index (χ2n) is 4.05. The van der Waals surface area contributed by atoms with Crippen LogP contribution in [0.2, 0.25) is 0 Å². The molecule has 1 unspecified atom stereocenters. The van der Waals surface area contributed by atoms with Crippen LogP contribution in [0.15, 0.2) is 24.3 Å². The van der Waals surface area contributed by atoms with Gasteiger partial charge in [0.15, 0.2) is 0 Å². The van der Waals surface area contributed by atoms with Crippen LogP contribution < -0.4 is 10.6 Å². The molecule has 0 saturated carbocycles. The van der Waals surface area contributed by atoms with Crippen molar-refractivity contribution in [3.63, 3.8) is 0 Å². The molecule has 3 heteroatoms. The van der Waals surface area contributed by atoms with E-state index in [2.05, 4.69) is 10.6 Å². The largest absolute Gasteiger partial charge is 0.313 e. The molecule has 15 heavy (non-hydrogen) atoms. The summed E-state index contributed by atoms with van der Waals surface area (Å²) in [6.07, 6.45) is 2.52. The van der Waals surface area contributed by atoms with Crippen molar-refractivity contribution in [1.82, 2.24) is 10.6 Å². The number of halogens is 1. The summed E-state index contributed by atoms with van der Waals surface area (Å²) in [5.74, 6) is -0.159. The normalized spacial score (nSPS) is 20.7. The molecule has 1 aromatic carbocycles. The highest BCUT2D eigenvalue weighted by molar-refractivity contribution is 5.15. The van der Waals surface area contributed by atoms with Gasteiger partial charge in [-0.2, -0.15) is 0 Å². The second kappa shape index (κ2) is 5.24. The molecule has 82 valence electrons. The maximum Gasteiger partial charge on any atom is 0.123 e. The monoisotopic (exact) mass is 208 g/mol. The SMILES string of the molecule is Fc1cccc(CNCC2CCCN2)c1. The van der Waals surface area contributed by atoms with Crippen LogP contribution >= 0.6 is 0 Å². The van der Waals surface area contributed by atoms with Crippen molar-refractivity contribution in [3.8, 4) is 0 Å². The lowest BCUT2D eigenvalue weighted by Crippen LogP contribution is -2.33. The highest BCUT2D eigenvalue weighted by atomic mass is 19.1. The van der Waals surface area contributed by atoms with E-state index in [1.54, 1.807) is 12.1 Å². The van der Waals surface area contributed by atoms with Crippen molar-refractivity contribution in [2.75, 3.05) is 13.1 Å². The molecule has 2 rings (SSSR count). The van der Waals surface area contributed by atoms with Crippen LogP contribution in [0.25, 0.3) is 0 Å². The molecule has 0 aromatic heterocycles. The fourth-order valence-corrected chi connectivity index (χ4v) is 1.97. The van der Waals surface area contributed by atoms with Gasteiger partial charge < -0.3 is 10.6 Å². The minimum atomic E-state index is -0.159. The summed E-state index contributed by atoms with van der Waals surface area (Å²) in [4.78, 5) is 0. The van der Waals surface area contributed by atoms with Gasteiger partial charge in [0, 0.05) is 19.1 Å². The Balaban J connectivity index is 1.73. The zero-order valence-electron chi connectivity index (χ0n) is 8.80. The maximum absolute atomic E-state index is 12.9. The third kappa shape index (κ3) is 3.29. The van der Waals surface area contributed by atoms with Crippen LogP contribution in [0.1, 0.15) is 18.4 Å². The van der Waals surface area contributed by atoms with Crippen molar-refractivity contribution in [3.05, 3.63) is 35.6 Å². The van der Waals surface area contributed by atoms with Crippen molar-refractivity contribution in [1.29, 1.82) is 0 Å². The Labute approximate surface area is 89.9 Å². The molecule has 1 saturated heterocycles. The Hall–Kier alpha value is -0.930. The van der Waals surface area contributed by atoms with Gasteiger partial charge in [0.25, 0.3) is 0 Å². The fourth-order valence-electron chi connectivity index (χ4n) is 1.97. The van der Waals surface area contributed by atoms with Gasteiger partial charge in [-0.15, -0.1) is 0 Å². The number of hydrogen-bond acceptors (Lipinski definition) is 2. The third-order valence-electron chi connectivity index (χ3n) is 2.77. The predicted octanol–water partition coefficient (Wildman–Crippen LogP) is 1.67. The highest BCUT2D eigenvalue weighted by Crippen LogP contribution is 2.05. The van der Waals surface area contributed by atoms with Crippen LogP contribution in [-0.2, 0) is 6.54 Å². The summed E-state index contributed by atoms with van der Waals surface area (Å²) in [5.41, 5.74) is 1.01. The third-order valence-corrected chi connectivity index (χ3v) is 2.77. The minimum absolute atomic E-state index is 0.159. The molecule has 0 radical (unpaired) electrons. The van der Waals surface area contributed by atoms with E-state index in [1.165, 1.54) is 18.9 Å². The van der Waals surface area contributed by atoms with E-state index in [1.807, 2.05) is 6.07 Å². The molecule has 1 atom stereocenters. The van der Waals surface area contributed by atoms with Gasteiger partial charge in [0.05, 0.1) is 0 Å². The molecule has 0 spiro atoms. The van der Waals surface area contributed by atoms with E-state index in [0.717, 1.165) is 25.2 Å². The van der Waals surface area contributed by atoms with Crippen LogP contribution in [-0.4, -0.2) is 19.1 Å². The van der Waals surface area contributed by atoms with Gasteiger partial charge in [-0.25, -0.2) is 4.39 Å². The Morgan fingerprint density at radius 1 is 1.47 bits per heavy atom. The first-order chi connectivity index (χ1) is 7.34. The summed E-state index contributed by atoms with van der Waals surface area (Å²) in [5, 5.41) is 6.76. The van der Waals surface area contributed by atoms with Crippen LogP contribution in [0.3, 0.4) is 0 Å². The Bertz CT molecular complexity index is 308. The zero-order chi connectivity index (χ0) is 10.5. The molecule has 2 nitrogen and oxygen atoms in total. The minimum Gasteiger partial charge on any atom is -0.313 e.